The van der Waals surface area contributed by atoms with E-state index in [9.17, 15) is 9.18 Å². The van der Waals surface area contributed by atoms with Crippen LogP contribution in [0, 0.1) is 11.2 Å². The molecule has 0 bridgehead atoms. The molecule has 140 valence electrons. The lowest BCUT2D eigenvalue weighted by atomic mass is 9.93. The van der Waals surface area contributed by atoms with Crippen molar-refractivity contribution in [3.8, 4) is 5.69 Å². The third-order valence-electron chi connectivity index (χ3n) is 4.69. The number of carbonyl (C=O) groups excluding carboxylic acids is 1. The summed E-state index contributed by atoms with van der Waals surface area (Å²) in [6.07, 6.45) is 2.76. The van der Waals surface area contributed by atoms with Crippen molar-refractivity contribution >= 4 is 5.91 Å². The first-order chi connectivity index (χ1) is 12.3. The van der Waals surface area contributed by atoms with Gasteiger partial charge >= 0.3 is 0 Å². The smallest absolute Gasteiger partial charge is 0.272 e. The first-order valence-electron chi connectivity index (χ1n) is 9.06. The van der Waals surface area contributed by atoms with Gasteiger partial charge in [-0.15, -0.1) is 0 Å². The summed E-state index contributed by atoms with van der Waals surface area (Å²) in [7, 11) is 4.06. The van der Waals surface area contributed by atoms with E-state index in [4.69, 9.17) is 0 Å². The van der Waals surface area contributed by atoms with Crippen LogP contribution < -0.4 is 5.32 Å². The number of fused-ring (bicyclic) bond motifs is 1. The van der Waals surface area contributed by atoms with E-state index in [0.29, 0.717) is 12.2 Å². The van der Waals surface area contributed by atoms with Crippen LogP contribution in [0.1, 0.15) is 42.0 Å². The molecule has 1 aliphatic carbocycles. The molecule has 1 amide bonds. The number of rotatable bonds is 6. The van der Waals surface area contributed by atoms with Gasteiger partial charge in [-0.25, -0.2) is 9.07 Å². The van der Waals surface area contributed by atoms with Gasteiger partial charge in [-0.2, -0.15) is 5.10 Å². The van der Waals surface area contributed by atoms with Crippen molar-refractivity contribution in [2.45, 2.75) is 33.1 Å². The third-order valence-corrected chi connectivity index (χ3v) is 4.69. The number of nitrogens with zero attached hydrogens (tertiary/aromatic N) is 3. The van der Waals surface area contributed by atoms with Crippen LogP contribution in [0.25, 0.3) is 5.69 Å². The zero-order chi connectivity index (χ0) is 18.9. The maximum absolute atomic E-state index is 13.2. The Labute approximate surface area is 154 Å². The van der Waals surface area contributed by atoms with Crippen LogP contribution in [0.15, 0.2) is 24.3 Å². The van der Waals surface area contributed by atoms with Gasteiger partial charge in [-0.05, 0) is 63.0 Å². The fourth-order valence-electron chi connectivity index (χ4n) is 3.73. The summed E-state index contributed by atoms with van der Waals surface area (Å²) < 4.78 is 15.0. The van der Waals surface area contributed by atoms with Gasteiger partial charge in [-0.3, -0.25) is 4.79 Å². The molecular weight excluding hydrogens is 331 g/mol. The maximum Gasteiger partial charge on any atom is 0.272 e. The molecule has 0 radical (unpaired) electrons. The van der Waals surface area contributed by atoms with Gasteiger partial charge in [0.15, 0.2) is 5.69 Å². The highest BCUT2D eigenvalue weighted by Gasteiger charge is 2.28. The fourth-order valence-corrected chi connectivity index (χ4v) is 3.73. The topological polar surface area (TPSA) is 50.2 Å². The normalized spacial score (nSPS) is 13.9. The number of nitrogens with one attached hydrogen (secondary N) is 1. The number of carbonyl (C=O) groups is 1. The number of benzene rings is 1. The zero-order valence-corrected chi connectivity index (χ0v) is 16.0. The first-order valence-corrected chi connectivity index (χ1v) is 9.06. The zero-order valence-electron chi connectivity index (χ0n) is 16.0. The number of amides is 1. The SMILES string of the molecule is CN(C)CC(C)(C)CNC(=O)c1nn(-c2ccc(F)cc2)c2c1CCC2. The van der Waals surface area contributed by atoms with Crippen LogP contribution in [-0.4, -0.2) is 47.8 Å². The quantitative estimate of drug-likeness (QED) is 0.864. The number of hydrogen-bond acceptors (Lipinski definition) is 3. The second-order valence-electron chi connectivity index (χ2n) is 8.10. The molecular formula is C20H27FN4O. The summed E-state index contributed by atoms with van der Waals surface area (Å²) >= 11 is 0. The lowest BCUT2D eigenvalue weighted by Crippen LogP contribution is -2.40. The highest BCUT2D eigenvalue weighted by molar-refractivity contribution is 5.94. The lowest BCUT2D eigenvalue weighted by Gasteiger charge is -2.28. The van der Waals surface area contributed by atoms with Crippen molar-refractivity contribution in [2.24, 2.45) is 5.41 Å². The summed E-state index contributed by atoms with van der Waals surface area (Å²) in [4.78, 5) is 14.9. The minimum absolute atomic E-state index is 0.0259. The Bertz CT molecular complexity index is 793. The molecule has 1 aromatic carbocycles. The van der Waals surface area contributed by atoms with Crippen molar-refractivity contribution in [3.05, 3.63) is 47.0 Å². The van der Waals surface area contributed by atoms with Crippen molar-refractivity contribution in [1.29, 1.82) is 0 Å². The Morgan fingerprint density at radius 2 is 1.96 bits per heavy atom. The first kappa shape index (κ1) is 18.6. The van der Waals surface area contributed by atoms with Gasteiger partial charge in [-0.1, -0.05) is 13.8 Å². The summed E-state index contributed by atoms with van der Waals surface area (Å²) in [6, 6.07) is 6.23. The summed E-state index contributed by atoms with van der Waals surface area (Å²) in [5.74, 6) is -0.408. The molecule has 6 heteroatoms. The Balaban J connectivity index is 1.81. The van der Waals surface area contributed by atoms with E-state index in [1.807, 2.05) is 14.1 Å². The van der Waals surface area contributed by atoms with Crippen LogP contribution >= 0.6 is 0 Å². The standard InChI is InChI=1S/C20H27FN4O/c1-20(2,13-24(3)4)12-22-19(26)18-16-6-5-7-17(16)25(23-18)15-10-8-14(21)9-11-15/h8-11H,5-7,12-13H2,1-4H3,(H,22,26). The molecule has 0 saturated heterocycles. The third kappa shape index (κ3) is 3.96. The fraction of sp³-hybridized carbons (Fsp3) is 0.500. The van der Waals surface area contributed by atoms with Crippen LogP contribution in [0.4, 0.5) is 4.39 Å². The predicted molar refractivity (Wildman–Crippen MR) is 100 cm³/mol. The highest BCUT2D eigenvalue weighted by Crippen LogP contribution is 2.28. The molecule has 2 aromatic rings. The Kier molecular flexibility index (Phi) is 5.14. The second kappa shape index (κ2) is 7.19. The van der Waals surface area contributed by atoms with Crippen LogP contribution in [0.5, 0.6) is 0 Å². The van der Waals surface area contributed by atoms with E-state index in [0.717, 1.165) is 42.8 Å². The Morgan fingerprint density at radius 1 is 1.27 bits per heavy atom. The van der Waals surface area contributed by atoms with Gasteiger partial charge in [0.25, 0.3) is 5.91 Å². The molecule has 0 fully saturated rings. The average molecular weight is 358 g/mol. The van der Waals surface area contributed by atoms with Crippen LogP contribution in [0.3, 0.4) is 0 Å². The van der Waals surface area contributed by atoms with Crippen LogP contribution in [0.2, 0.25) is 0 Å². The molecule has 1 aromatic heterocycles. The molecule has 5 nitrogen and oxygen atoms in total. The molecule has 0 aliphatic heterocycles. The minimum Gasteiger partial charge on any atom is -0.350 e. The van der Waals surface area contributed by atoms with Gasteiger partial charge in [0.1, 0.15) is 5.82 Å². The molecule has 0 atom stereocenters. The van der Waals surface area contributed by atoms with Gasteiger partial charge in [0.2, 0.25) is 0 Å². The van der Waals surface area contributed by atoms with E-state index in [2.05, 4.69) is 29.2 Å². The molecule has 0 saturated carbocycles. The van der Waals surface area contributed by atoms with Crippen molar-refractivity contribution in [3.63, 3.8) is 0 Å². The van der Waals surface area contributed by atoms with E-state index in [-0.39, 0.29) is 17.1 Å². The largest absolute Gasteiger partial charge is 0.350 e. The molecule has 1 aliphatic rings. The van der Waals surface area contributed by atoms with Crippen molar-refractivity contribution in [2.75, 3.05) is 27.2 Å². The second-order valence-corrected chi connectivity index (χ2v) is 8.10. The highest BCUT2D eigenvalue weighted by atomic mass is 19.1. The predicted octanol–water partition coefficient (Wildman–Crippen LogP) is 2.82. The van der Waals surface area contributed by atoms with Crippen molar-refractivity contribution < 1.29 is 9.18 Å². The van der Waals surface area contributed by atoms with Crippen LogP contribution in [-0.2, 0) is 12.8 Å². The van der Waals surface area contributed by atoms with E-state index < -0.39 is 0 Å². The van der Waals surface area contributed by atoms with E-state index in [1.54, 1.807) is 16.8 Å². The van der Waals surface area contributed by atoms with Gasteiger partial charge in [0, 0.05) is 24.3 Å². The minimum atomic E-state index is -0.279. The molecule has 0 spiro atoms. The number of aromatic nitrogens is 2. The Morgan fingerprint density at radius 3 is 2.62 bits per heavy atom. The molecule has 3 rings (SSSR count). The number of halogens is 1. The van der Waals surface area contributed by atoms with E-state index in [1.165, 1.54) is 12.1 Å². The summed E-state index contributed by atoms with van der Waals surface area (Å²) in [5.41, 5.74) is 3.35. The molecule has 26 heavy (non-hydrogen) atoms. The molecule has 1 N–H and O–H groups in total. The Hall–Kier alpha value is -2.21. The number of hydrogen-bond donors (Lipinski definition) is 1. The average Bonchev–Trinajstić information content (AvgIpc) is 3.15. The van der Waals surface area contributed by atoms with Gasteiger partial charge in [0.05, 0.1) is 5.69 Å². The summed E-state index contributed by atoms with van der Waals surface area (Å²) in [6.45, 7) is 5.74. The molecule has 1 heterocycles. The molecule has 0 unspecified atom stereocenters. The maximum atomic E-state index is 13.2. The lowest BCUT2D eigenvalue weighted by molar-refractivity contribution is 0.0923. The van der Waals surface area contributed by atoms with E-state index >= 15 is 0 Å². The summed E-state index contributed by atoms with van der Waals surface area (Å²) in [5, 5.41) is 7.61. The van der Waals surface area contributed by atoms with Gasteiger partial charge < -0.3 is 10.2 Å². The monoisotopic (exact) mass is 358 g/mol. The van der Waals surface area contributed by atoms with Crippen molar-refractivity contribution in [1.82, 2.24) is 20.0 Å².